The molecule has 24 heteroatoms. The molecule has 75 heavy (non-hydrogen) atoms. The molecule has 2 aromatic heterocycles. The number of rotatable bonds is 28. The molecule has 24 nitrogen and oxygen atoms in total. The summed E-state index contributed by atoms with van der Waals surface area (Å²) in [5.74, 6) is -7.21. The molecule has 5 rings (SSSR count). The number of phenols is 1. The Kier molecular flexibility index (Phi) is 21.5. The number of para-hydroxylation sites is 1. The van der Waals surface area contributed by atoms with Gasteiger partial charge in [-0.3, -0.25) is 38.6 Å². The number of carboxylic acids is 1. The summed E-state index contributed by atoms with van der Waals surface area (Å²) in [6, 6.07) is 4.71. The fourth-order valence-electron chi connectivity index (χ4n) is 8.83. The lowest BCUT2D eigenvalue weighted by molar-refractivity contribution is -0.145. The van der Waals surface area contributed by atoms with Crippen molar-refractivity contribution in [3.05, 3.63) is 84.1 Å². The molecule has 15 N–H and O–H groups in total. The molecular formula is C51H72N14O10. The molecule has 4 aromatic rings. The Morgan fingerprint density at radius 1 is 0.800 bits per heavy atom. The highest BCUT2D eigenvalue weighted by atomic mass is 16.4. The summed E-state index contributed by atoms with van der Waals surface area (Å²) in [7, 11) is 1.57. The number of aromatic nitrogens is 3. The predicted molar refractivity (Wildman–Crippen MR) is 278 cm³/mol. The Bertz CT molecular complexity index is 2620. The van der Waals surface area contributed by atoms with Gasteiger partial charge in [0.25, 0.3) is 0 Å². The number of carbonyl (C=O) groups excluding carboxylic acids is 7. The van der Waals surface area contributed by atoms with Gasteiger partial charge in [0.05, 0.1) is 12.9 Å². The predicted octanol–water partition coefficient (Wildman–Crippen LogP) is -0.416. The van der Waals surface area contributed by atoms with Gasteiger partial charge in [-0.05, 0) is 73.9 Å². The van der Waals surface area contributed by atoms with Gasteiger partial charge in [0.2, 0.25) is 41.4 Å². The number of carbonyl (C=O) groups is 8. The van der Waals surface area contributed by atoms with E-state index in [9.17, 15) is 48.6 Å². The number of H-pyrrole nitrogens is 2. The van der Waals surface area contributed by atoms with Crippen molar-refractivity contribution in [2.75, 3.05) is 26.7 Å². The average Bonchev–Trinajstić information content (AvgIpc) is 4.18. The fourth-order valence-corrected chi connectivity index (χ4v) is 8.83. The van der Waals surface area contributed by atoms with Gasteiger partial charge in [0, 0.05) is 61.3 Å². The molecule has 0 aliphatic carbocycles. The largest absolute Gasteiger partial charge is 0.508 e. The number of likely N-dealkylation sites (N-methyl/N-ethyl adjacent to an activating group) is 1. The first-order valence-electron chi connectivity index (χ1n) is 25.1. The molecule has 1 aliphatic heterocycles. The van der Waals surface area contributed by atoms with Crippen LogP contribution in [0, 0.1) is 11.8 Å². The number of aromatic amines is 2. The third-order valence-electron chi connectivity index (χ3n) is 13.1. The van der Waals surface area contributed by atoms with Gasteiger partial charge in [-0.15, -0.1) is 0 Å². The highest BCUT2D eigenvalue weighted by Gasteiger charge is 2.41. The number of aliphatic carboxylic acids is 1. The zero-order valence-corrected chi connectivity index (χ0v) is 43.0. The van der Waals surface area contributed by atoms with Gasteiger partial charge in [-0.25, -0.2) is 9.78 Å². The zero-order valence-electron chi connectivity index (χ0n) is 43.0. The highest BCUT2D eigenvalue weighted by Crippen LogP contribution is 2.23. The third kappa shape index (κ3) is 16.8. The second-order valence-electron chi connectivity index (χ2n) is 19.1. The molecule has 1 saturated heterocycles. The second kappa shape index (κ2) is 27.9. The first kappa shape index (κ1) is 57.9. The van der Waals surface area contributed by atoms with E-state index in [-0.39, 0.29) is 63.4 Å². The molecule has 0 bridgehead atoms. The van der Waals surface area contributed by atoms with Crippen LogP contribution in [0.1, 0.15) is 76.6 Å². The molecule has 406 valence electrons. The van der Waals surface area contributed by atoms with Crippen molar-refractivity contribution in [3.8, 4) is 5.75 Å². The Labute approximate surface area is 434 Å². The quantitative estimate of drug-likeness (QED) is 0.0195. The number of likely N-dealkylation sites (tertiary alicyclic amines) is 1. The smallest absolute Gasteiger partial charge is 0.326 e. The molecule has 3 heterocycles. The van der Waals surface area contributed by atoms with Gasteiger partial charge in [0.1, 0.15) is 48.0 Å². The van der Waals surface area contributed by atoms with E-state index in [1.807, 2.05) is 31.2 Å². The van der Waals surface area contributed by atoms with Crippen LogP contribution in [0.25, 0.3) is 10.9 Å². The van der Waals surface area contributed by atoms with Crippen LogP contribution in [0.3, 0.4) is 0 Å². The molecule has 8 atom stereocenters. The topological polar surface area (TPSA) is 373 Å². The van der Waals surface area contributed by atoms with Crippen molar-refractivity contribution in [2.45, 2.75) is 121 Å². The summed E-state index contributed by atoms with van der Waals surface area (Å²) in [4.78, 5) is 126. The minimum absolute atomic E-state index is 0.0241. The zero-order chi connectivity index (χ0) is 54.8. The van der Waals surface area contributed by atoms with E-state index in [4.69, 9.17) is 11.5 Å². The van der Waals surface area contributed by atoms with Crippen molar-refractivity contribution in [3.63, 3.8) is 0 Å². The SMILES string of the molecule is CC[C@H](C)[C@H](NC(=O)[C@H](Cc1ccc(O)cc1)NC(=O)[C@@H](NC(=O)[C@H](CCCN=C(N)N)NC(=O)CNC)C(C)C)C(=O)N[C@@H](Cc1cnc[nH]1)C(=O)N1CCC[C@H]1C(=O)N[C@@H](Cc1c[nH]c2ccccc12)C(=O)O. The summed E-state index contributed by atoms with van der Waals surface area (Å²) in [5, 5.41) is 40.2. The molecule has 0 spiro atoms. The normalized spacial score (nSPS) is 16.1. The Hall–Kier alpha value is -8.02. The van der Waals surface area contributed by atoms with Crippen molar-refractivity contribution in [1.29, 1.82) is 0 Å². The maximum Gasteiger partial charge on any atom is 0.326 e. The van der Waals surface area contributed by atoms with E-state index in [0.717, 1.165) is 10.9 Å². The van der Waals surface area contributed by atoms with E-state index in [1.165, 1.54) is 29.6 Å². The van der Waals surface area contributed by atoms with Crippen LogP contribution in [-0.2, 0) is 57.6 Å². The third-order valence-corrected chi connectivity index (χ3v) is 13.1. The summed E-state index contributed by atoms with van der Waals surface area (Å²) >= 11 is 0. The number of guanidine groups is 1. The molecule has 0 radical (unpaired) electrons. The lowest BCUT2D eigenvalue weighted by Crippen LogP contribution is -2.62. The number of nitrogens with one attached hydrogen (secondary N) is 9. The monoisotopic (exact) mass is 1040 g/mol. The Balaban J connectivity index is 1.36. The molecule has 1 fully saturated rings. The van der Waals surface area contributed by atoms with Crippen LogP contribution in [0.5, 0.6) is 5.75 Å². The number of imidazole rings is 1. The van der Waals surface area contributed by atoms with Crippen LogP contribution < -0.4 is 48.7 Å². The summed E-state index contributed by atoms with van der Waals surface area (Å²) in [6.07, 6.45) is 5.81. The van der Waals surface area contributed by atoms with E-state index in [0.29, 0.717) is 36.1 Å². The van der Waals surface area contributed by atoms with Gasteiger partial charge in [0.15, 0.2) is 5.96 Å². The van der Waals surface area contributed by atoms with Crippen molar-refractivity contribution >= 4 is 64.2 Å². The number of aliphatic imine (C=N–C) groups is 1. The minimum Gasteiger partial charge on any atom is -0.508 e. The summed E-state index contributed by atoms with van der Waals surface area (Å²) in [5.41, 5.74) is 13.4. The number of nitrogens with zero attached hydrogens (tertiary/aromatic N) is 3. The maximum atomic E-state index is 14.7. The van der Waals surface area contributed by atoms with Crippen LogP contribution in [0.4, 0.5) is 0 Å². The van der Waals surface area contributed by atoms with Crippen molar-refractivity contribution in [2.24, 2.45) is 28.3 Å². The van der Waals surface area contributed by atoms with Crippen molar-refractivity contribution < 1.29 is 48.6 Å². The number of carboxylic acid groups (broad SMARTS) is 1. The molecule has 0 saturated carbocycles. The fraction of sp³-hybridized carbons (Fsp3) is 0.490. The summed E-state index contributed by atoms with van der Waals surface area (Å²) < 4.78 is 0. The van der Waals surface area contributed by atoms with Crippen LogP contribution in [0.15, 0.2) is 72.2 Å². The minimum atomic E-state index is -1.36. The maximum absolute atomic E-state index is 14.7. The van der Waals surface area contributed by atoms with E-state index < -0.39 is 101 Å². The number of benzene rings is 2. The van der Waals surface area contributed by atoms with Crippen LogP contribution in [-0.4, -0.2) is 152 Å². The van der Waals surface area contributed by atoms with Crippen LogP contribution in [0.2, 0.25) is 0 Å². The number of fused-ring (bicyclic) bond motifs is 1. The molecule has 0 unspecified atom stereocenters. The van der Waals surface area contributed by atoms with Crippen molar-refractivity contribution in [1.82, 2.24) is 57.1 Å². The molecule has 7 amide bonds. The Morgan fingerprint density at radius 3 is 2.13 bits per heavy atom. The number of phenolic OH excluding ortho intramolecular Hbond substituents is 1. The number of aromatic hydroxyl groups is 1. The van der Waals surface area contributed by atoms with Gasteiger partial charge >= 0.3 is 5.97 Å². The number of hydrogen-bond acceptors (Lipinski definition) is 12. The van der Waals surface area contributed by atoms with Gasteiger partial charge < -0.3 is 73.8 Å². The van der Waals surface area contributed by atoms with Gasteiger partial charge in [-0.2, -0.15) is 0 Å². The highest BCUT2D eigenvalue weighted by molar-refractivity contribution is 5.98. The van der Waals surface area contributed by atoms with Crippen LogP contribution >= 0.6 is 0 Å². The average molecular weight is 1040 g/mol. The van der Waals surface area contributed by atoms with E-state index in [1.54, 1.807) is 46.1 Å². The molecule has 2 aromatic carbocycles. The lowest BCUT2D eigenvalue weighted by Gasteiger charge is -2.32. The summed E-state index contributed by atoms with van der Waals surface area (Å²) in [6.45, 7) is 7.14. The van der Waals surface area contributed by atoms with Gasteiger partial charge in [-0.1, -0.05) is 64.4 Å². The standard InChI is InChI=1S/C51H72N14O10/c1-6-29(4)43(64-45(69)37(21-30-15-17-33(66)18-16-30)60-47(71)42(28(2)3)63-44(68)36(59-41(67)26-54-5)13-9-19-56-51(52)53)48(72)61-38(23-32-25-55-27-58-32)49(73)65-20-10-14-40(65)46(70)62-39(50(74)75)22-31-24-57-35-12-8-7-11-34(31)35/h7-8,11-12,15-18,24-25,27-29,36-40,42-43,54,57,66H,6,9-10,13-14,19-23,26H2,1-5H3,(H,55,58)(H,59,67)(H,60,71)(H,61,72)(H,62,70)(H,63,68)(H,64,69)(H,74,75)(H4,52,53,56)/t29-,36-,37-,38-,39-,40-,42-,43-/m0/s1. The number of hydrogen-bond donors (Lipinski definition) is 13. The second-order valence-corrected chi connectivity index (χ2v) is 19.1. The lowest BCUT2D eigenvalue weighted by atomic mass is 9.96. The number of nitrogens with two attached hydrogens (primary N) is 2. The first-order chi connectivity index (χ1) is 35.8. The molecule has 1 aliphatic rings. The molecular weight excluding hydrogens is 969 g/mol. The number of amides is 7. The Morgan fingerprint density at radius 2 is 1.48 bits per heavy atom. The first-order valence-corrected chi connectivity index (χ1v) is 25.1. The van der Waals surface area contributed by atoms with E-state index in [2.05, 4.69) is 57.2 Å². The van der Waals surface area contributed by atoms with E-state index >= 15 is 0 Å².